The second-order valence-corrected chi connectivity index (χ2v) is 6.94. The highest BCUT2D eigenvalue weighted by molar-refractivity contribution is 6.04. The van der Waals surface area contributed by atoms with Gasteiger partial charge in [0.2, 0.25) is 0 Å². The Bertz CT molecular complexity index is 853. The van der Waals surface area contributed by atoms with Crippen LogP contribution in [0.15, 0.2) is 28.9 Å². The molecule has 25 heavy (non-hydrogen) atoms. The number of carbonyl (C=O) groups excluding carboxylic acids is 3. The zero-order valence-electron chi connectivity index (χ0n) is 14.3. The number of hydrogen-bond acceptors (Lipinski definition) is 5. The third-order valence-electron chi connectivity index (χ3n) is 4.22. The lowest BCUT2D eigenvalue weighted by molar-refractivity contribution is 0.0827. The summed E-state index contributed by atoms with van der Waals surface area (Å²) in [6.07, 6.45) is 3.97. The van der Waals surface area contributed by atoms with Crippen molar-refractivity contribution in [1.82, 2.24) is 15.8 Å². The number of amides is 2. The van der Waals surface area contributed by atoms with E-state index in [1.807, 2.05) is 13.8 Å². The fourth-order valence-electron chi connectivity index (χ4n) is 3.05. The number of hydrogen-bond donors (Lipinski definition) is 2. The van der Waals surface area contributed by atoms with Crippen molar-refractivity contribution in [2.45, 2.75) is 33.6 Å². The number of aromatic nitrogens is 1. The predicted molar refractivity (Wildman–Crippen MR) is 89.0 cm³/mol. The van der Waals surface area contributed by atoms with Gasteiger partial charge in [-0.1, -0.05) is 13.8 Å². The minimum atomic E-state index is -0.597. The van der Waals surface area contributed by atoms with Crippen molar-refractivity contribution < 1.29 is 18.8 Å². The molecule has 130 valence electrons. The lowest BCUT2D eigenvalue weighted by Crippen LogP contribution is -2.41. The number of nitrogens with zero attached hydrogens (tertiary/aromatic N) is 1. The zero-order valence-corrected chi connectivity index (χ0v) is 14.3. The molecular weight excluding hydrogens is 322 g/mol. The first-order valence-electron chi connectivity index (χ1n) is 7.95. The minimum Gasteiger partial charge on any atom is -0.455 e. The molecule has 0 saturated carbocycles. The third-order valence-corrected chi connectivity index (χ3v) is 4.22. The summed E-state index contributed by atoms with van der Waals surface area (Å²) in [6.45, 7) is 5.65. The molecular formula is C18H19N3O4. The fraction of sp³-hybridized carbons (Fsp3) is 0.333. The number of carbonyl (C=O) groups is 3. The maximum Gasteiger partial charge on any atom is 0.305 e. The lowest BCUT2D eigenvalue weighted by Gasteiger charge is -2.27. The van der Waals surface area contributed by atoms with Gasteiger partial charge in [-0.3, -0.25) is 30.2 Å². The Hall–Kier alpha value is -2.96. The number of nitrogens with one attached hydrogen (secondary N) is 2. The maximum atomic E-state index is 12.3. The van der Waals surface area contributed by atoms with Crippen LogP contribution in [-0.2, 0) is 6.42 Å². The average molecular weight is 341 g/mol. The Morgan fingerprint density at radius 2 is 1.76 bits per heavy atom. The van der Waals surface area contributed by atoms with E-state index in [0.29, 0.717) is 35.3 Å². The van der Waals surface area contributed by atoms with Crippen LogP contribution in [-0.4, -0.2) is 22.6 Å². The van der Waals surface area contributed by atoms with Gasteiger partial charge in [0, 0.05) is 36.4 Å². The molecule has 0 unspecified atom stereocenters. The van der Waals surface area contributed by atoms with Crippen LogP contribution in [0.1, 0.15) is 62.9 Å². The van der Waals surface area contributed by atoms with E-state index in [2.05, 4.69) is 15.8 Å². The zero-order chi connectivity index (χ0) is 18.2. The van der Waals surface area contributed by atoms with Crippen LogP contribution in [0.2, 0.25) is 0 Å². The summed E-state index contributed by atoms with van der Waals surface area (Å²) in [5, 5.41) is 0. The second kappa shape index (κ2) is 6.16. The molecule has 0 radical (unpaired) electrons. The van der Waals surface area contributed by atoms with E-state index >= 15 is 0 Å². The number of Topliss-reactive ketones (excluding diaryl/α,β-unsaturated/α-hetero) is 1. The van der Waals surface area contributed by atoms with Crippen LogP contribution in [0.3, 0.4) is 0 Å². The summed E-state index contributed by atoms with van der Waals surface area (Å²) < 4.78 is 5.65. The highest BCUT2D eigenvalue weighted by Gasteiger charge is 2.37. The molecule has 0 aromatic carbocycles. The number of furan rings is 1. The summed E-state index contributed by atoms with van der Waals surface area (Å²) in [5.74, 6) is -0.510. The van der Waals surface area contributed by atoms with Crippen molar-refractivity contribution in [2.24, 2.45) is 5.41 Å². The normalized spacial score (nSPS) is 15.4. The SMILES string of the molecule is Cc1c(C(=O)NNC(=O)c2ccncc2)oc2c1C(=O)CC(C)(C)C2. The van der Waals surface area contributed by atoms with Crippen LogP contribution in [0.25, 0.3) is 0 Å². The van der Waals surface area contributed by atoms with Gasteiger partial charge in [-0.05, 0) is 24.5 Å². The van der Waals surface area contributed by atoms with Crippen molar-refractivity contribution in [3.63, 3.8) is 0 Å². The Labute approximate surface area is 144 Å². The number of rotatable bonds is 2. The van der Waals surface area contributed by atoms with Gasteiger partial charge in [0.25, 0.3) is 5.91 Å². The molecule has 7 nitrogen and oxygen atoms in total. The molecule has 0 bridgehead atoms. The standard InChI is InChI=1S/C18H19N3O4/c1-10-14-12(22)8-18(2,3)9-13(14)25-15(10)17(24)21-20-16(23)11-4-6-19-7-5-11/h4-7H,8-9H2,1-3H3,(H,20,23)(H,21,24). The molecule has 1 aliphatic rings. The fourth-order valence-corrected chi connectivity index (χ4v) is 3.05. The van der Waals surface area contributed by atoms with Crippen LogP contribution in [0, 0.1) is 12.3 Å². The molecule has 7 heteroatoms. The second-order valence-electron chi connectivity index (χ2n) is 6.94. The Balaban J connectivity index is 1.76. The van der Waals surface area contributed by atoms with Gasteiger partial charge in [-0.15, -0.1) is 0 Å². The first-order valence-corrected chi connectivity index (χ1v) is 7.95. The van der Waals surface area contributed by atoms with Crippen LogP contribution in [0.4, 0.5) is 0 Å². The van der Waals surface area contributed by atoms with Gasteiger partial charge in [0.05, 0.1) is 5.56 Å². The lowest BCUT2D eigenvalue weighted by atomic mass is 9.76. The quantitative estimate of drug-likeness (QED) is 0.816. The third kappa shape index (κ3) is 3.31. The topological polar surface area (TPSA) is 101 Å². The van der Waals surface area contributed by atoms with Crippen molar-refractivity contribution in [2.75, 3.05) is 0 Å². The highest BCUT2D eigenvalue weighted by atomic mass is 16.4. The predicted octanol–water partition coefficient (Wildman–Crippen LogP) is 2.21. The molecule has 0 saturated heterocycles. The number of pyridine rings is 1. The van der Waals surface area contributed by atoms with Gasteiger partial charge in [0.1, 0.15) is 5.76 Å². The van der Waals surface area contributed by atoms with Crippen LogP contribution < -0.4 is 10.9 Å². The molecule has 0 atom stereocenters. The average Bonchev–Trinajstić information content (AvgIpc) is 2.88. The molecule has 2 amide bonds. The Morgan fingerprint density at radius 1 is 1.12 bits per heavy atom. The molecule has 2 aromatic rings. The molecule has 0 spiro atoms. The number of hydrazine groups is 1. The van der Waals surface area contributed by atoms with Crippen molar-refractivity contribution in [1.29, 1.82) is 0 Å². The van der Waals surface area contributed by atoms with E-state index < -0.39 is 11.8 Å². The van der Waals surface area contributed by atoms with Crippen molar-refractivity contribution >= 4 is 17.6 Å². The number of fused-ring (bicyclic) bond motifs is 1. The smallest absolute Gasteiger partial charge is 0.305 e. The summed E-state index contributed by atoms with van der Waals surface area (Å²) in [7, 11) is 0. The van der Waals surface area contributed by atoms with E-state index in [9.17, 15) is 14.4 Å². The van der Waals surface area contributed by atoms with E-state index in [4.69, 9.17) is 4.42 Å². The van der Waals surface area contributed by atoms with Crippen LogP contribution >= 0.6 is 0 Å². The molecule has 1 aliphatic carbocycles. The molecule has 2 aromatic heterocycles. The van der Waals surface area contributed by atoms with Gasteiger partial charge in [0.15, 0.2) is 11.5 Å². The van der Waals surface area contributed by atoms with E-state index in [1.54, 1.807) is 6.92 Å². The minimum absolute atomic E-state index is 0.0210. The molecule has 0 aliphatic heterocycles. The Kier molecular flexibility index (Phi) is 4.16. The van der Waals surface area contributed by atoms with Crippen LogP contribution in [0.5, 0.6) is 0 Å². The maximum absolute atomic E-state index is 12.3. The summed E-state index contributed by atoms with van der Waals surface area (Å²) in [6, 6.07) is 3.05. The van der Waals surface area contributed by atoms with E-state index in [0.717, 1.165) is 0 Å². The van der Waals surface area contributed by atoms with Gasteiger partial charge in [-0.2, -0.15) is 0 Å². The largest absolute Gasteiger partial charge is 0.455 e. The molecule has 2 heterocycles. The van der Waals surface area contributed by atoms with Gasteiger partial charge < -0.3 is 4.42 Å². The van der Waals surface area contributed by atoms with Gasteiger partial charge >= 0.3 is 5.91 Å². The summed E-state index contributed by atoms with van der Waals surface area (Å²) in [4.78, 5) is 40.5. The summed E-state index contributed by atoms with van der Waals surface area (Å²) >= 11 is 0. The van der Waals surface area contributed by atoms with Crippen molar-refractivity contribution in [3.8, 4) is 0 Å². The Morgan fingerprint density at radius 3 is 2.44 bits per heavy atom. The first-order chi connectivity index (χ1) is 11.8. The van der Waals surface area contributed by atoms with Crippen molar-refractivity contribution in [3.05, 3.63) is 52.7 Å². The van der Waals surface area contributed by atoms with E-state index in [-0.39, 0.29) is 17.0 Å². The van der Waals surface area contributed by atoms with E-state index in [1.165, 1.54) is 24.5 Å². The van der Waals surface area contributed by atoms with Gasteiger partial charge in [-0.25, -0.2) is 0 Å². The molecule has 2 N–H and O–H groups in total. The monoisotopic (exact) mass is 341 g/mol. The number of ketones is 1. The first kappa shape index (κ1) is 16.9. The molecule has 3 rings (SSSR count). The summed E-state index contributed by atoms with van der Waals surface area (Å²) in [5.41, 5.74) is 5.80. The molecule has 0 fully saturated rings. The highest BCUT2D eigenvalue weighted by Crippen LogP contribution is 2.38.